The molecule has 1 aromatic carbocycles. The zero-order chi connectivity index (χ0) is 15.2. The molecule has 0 atom stereocenters. The van der Waals surface area contributed by atoms with Crippen LogP contribution in [0.1, 0.15) is 30.4 Å². The van der Waals surface area contributed by atoms with Gasteiger partial charge in [-0.3, -0.25) is 10.1 Å². The molecule has 0 aliphatic rings. The number of aliphatic hydroxyl groups is 1. The van der Waals surface area contributed by atoms with Crippen molar-refractivity contribution in [2.24, 2.45) is 0 Å². The Morgan fingerprint density at radius 3 is 2.55 bits per heavy atom. The number of nitrogens with zero attached hydrogens (tertiary/aromatic N) is 1. The molecule has 0 spiro atoms. The molecule has 1 N–H and O–H groups in total. The van der Waals surface area contributed by atoms with Gasteiger partial charge in [0.1, 0.15) is 0 Å². The Morgan fingerprint density at radius 1 is 1.25 bits per heavy atom. The number of hydrogen-bond acceptors (Lipinski definition) is 5. The van der Waals surface area contributed by atoms with E-state index in [1.54, 1.807) is 13.0 Å². The summed E-state index contributed by atoms with van der Waals surface area (Å²) in [5.41, 5.74) is 0.816. The van der Waals surface area contributed by atoms with Crippen LogP contribution < -0.4 is 0 Å². The summed E-state index contributed by atoms with van der Waals surface area (Å²) in [5, 5.41) is 19.5. The van der Waals surface area contributed by atoms with E-state index in [0.29, 0.717) is 30.4 Å². The predicted octanol–water partition coefficient (Wildman–Crippen LogP) is 1.98. The first-order valence-electron chi connectivity index (χ1n) is 6.41. The number of nitro benzene ring substituents is 1. The summed E-state index contributed by atoms with van der Waals surface area (Å²) >= 11 is 0. The molecule has 1 aromatic rings. The summed E-state index contributed by atoms with van der Waals surface area (Å²) in [6.45, 7) is 1.62. The lowest BCUT2D eigenvalue weighted by Gasteiger charge is -2.07. The Kier molecular flexibility index (Phi) is 6.09. The number of unbranched alkanes of at least 4 members (excludes halogenated alkanes) is 2. The Hall–Kier alpha value is -1.47. The van der Waals surface area contributed by atoms with Gasteiger partial charge in [0.05, 0.1) is 16.4 Å². The molecule has 0 radical (unpaired) electrons. The second kappa shape index (κ2) is 7.35. The minimum absolute atomic E-state index is 0.0368. The normalized spacial score (nSPS) is 11.5. The Balaban J connectivity index is 2.77. The third kappa shape index (κ3) is 4.90. The quantitative estimate of drug-likeness (QED) is 0.450. The van der Waals surface area contributed by atoms with E-state index in [0.717, 1.165) is 0 Å². The molecular weight excluding hydrogens is 282 g/mol. The highest BCUT2D eigenvalue weighted by atomic mass is 32.2. The second-order valence-electron chi connectivity index (χ2n) is 4.69. The topological polar surface area (TPSA) is 97.5 Å². The summed E-state index contributed by atoms with van der Waals surface area (Å²) in [7, 11) is -3.28. The van der Waals surface area contributed by atoms with Crippen LogP contribution in [-0.4, -0.2) is 30.8 Å². The predicted molar refractivity (Wildman–Crippen MR) is 76.3 cm³/mol. The highest BCUT2D eigenvalue weighted by Gasteiger charge is 2.18. The van der Waals surface area contributed by atoms with Crippen molar-refractivity contribution in [2.45, 2.75) is 31.9 Å². The summed E-state index contributed by atoms with van der Waals surface area (Å²) in [6, 6.07) is 4.47. The van der Waals surface area contributed by atoms with Crippen molar-refractivity contribution in [1.29, 1.82) is 0 Å². The van der Waals surface area contributed by atoms with Crippen LogP contribution in [0.15, 0.2) is 18.2 Å². The van der Waals surface area contributed by atoms with Crippen LogP contribution in [0.3, 0.4) is 0 Å². The van der Waals surface area contributed by atoms with Crippen molar-refractivity contribution >= 4 is 15.5 Å². The number of hydrogen-bond donors (Lipinski definition) is 1. The van der Waals surface area contributed by atoms with Gasteiger partial charge in [-0.1, -0.05) is 18.6 Å². The van der Waals surface area contributed by atoms with E-state index >= 15 is 0 Å². The lowest BCUT2D eigenvalue weighted by atomic mass is 10.1. The first-order chi connectivity index (χ1) is 9.37. The molecule has 0 unspecified atom stereocenters. The van der Waals surface area contributed by atoms with E-state index in [-0.39, 0.29) is 23.8 Å². The maximum Gasteiger partial charge on any atom is 0.272 e. The van der Waals surface area contributed by atoms with Gasteiger partial charge in [0.25, 0.3) is 5.69 Å². The van der Waals surface area contributed by atoms with Gasteiger partial charge in [-0.25, -0.2) is 8.42 Å². The largest absolute Gasteiger partial charge is 0.396 e. The fourth-order valence-electron chi connectivity index (χ4n) is 1.94. The van der Waals surface area contributed by atoms with Gasteiger partial charge in [0.2, 0.25) is 0 Å². The number of nitro groups is 1. The smallest absolute Gasteiger partial charge is 0.272 e. The van der Waals surface area contributed by atoms with Gasteiger partial charge < -0.3 is 5.11 Å². The van der Waals surface area contributed by atoms with Crippen molar-refractivity contribution in [2.75, 3.05) is 12.4 Å². The zero-order valence-corrected chi connectivity index (χ0v) is 12.2. The van der Waals surface area contributed by atoms with Gasteiger partial charge in [-0.2, -0.15) is 0 Å². The Morgan fingerprint density at radius 2 is 1.95 bits per heavy atom. The summed E-state index contributed by atoms with van der Waals surface area (Å²) in [5.74, 6) is -0.144. The van der Waals surface area contributed by atoms with E-state index in [4.69, 9.17) is 5.11 Å². The first kappa shape index (κ1) is 16.6. The van der Waals surface area contributed by atoms with Crippen LogP contribution in [-0.2, 0) is 15.6 Å². The van der Waals surface area contributed by atoms with E-state index in [1.165, 1.54) is 12.1 Å². The van der Waals surface area contributed by atoms with E-state index < -0.39 is 14.8 Å². The molecule has 0 aliphatic heterocycles. The van der Waals surface area contributed by atoms with Gasteiger partial charge in [-0.15, -0.1) is 0 Å². The highest BCUT2D eigenvalue weighted by molar-refractivity contribution is 7.90. The molecule has 0 saturated heterocycles. The average molecular weight is 301 g/mol. The molecule has 112 valence electrons. The SMILES string of the molecule is Cc1c(CS(=O)(=O)CCCCCO)cccc1[N+](=O)[O-]. The minimum atomic E-state index is -3.28. The average Bonchev–Trinajstić information content (AvgIpc) is 2.36. The van der Waals surface area contributed by atoms with Crippen LogP contribution in [0.25, 0.3) is 0 Å². The monoisotopic (exact) mass is 301 g/mol. The summed E-state index contributed by atoms with van der Waals surface area (Å²) < 4.78 is 23.9. The van der Waals surface area contributed by atoms with Crippen LogP contribution in [0, 0.1) is 17.0 Å². The van der Waals surface area contributed by atoms with Crippen molar-refractivity contribution < 1.29 is 18.4 Å². The van der Waals surface area contributed by atoms with Crippen molar-refractivity contribution in [3.8, 4) is 0 Å². The van der Waals surface area contributed by atoms with Crippen molar-refractivity contribution in [3.05, 3.63) is 39.4 Å². The number of sulfone groups is 1. The van der Waals surface area contributed by atoms with E-state index in [9.17, 15) is 18.5 Å². The van der Waals surface area contributed by atoms with Crippen LogP contribution in [0.5, 0.6) is 0 Å². The molecule has 0 fully saturated rings. The summed E-state index contributed by atoms with van der Waals surface area (Å²) in [6.07, 6.45) is 1.74. The third-order valence-electron chi connectivity index (χ3n) is 3.10. The molecule has 0 bridgehead atoms. The highest BCUT2D eigenvalue weighted by Crippen LogP contribution is 2.23. The lowest BCUT2D eigenvalue weighted by Crippen LogP contribution is -2.11. The van der Waals surface area contributed by atoms with E-state index in [1.807, 2.05) is 0 Å². The zero-order valence-electron chi connectivity index (χ0n) is 11.4. The standard InChI is InChI=1S/C13H19NO5S/c1-11-12(6-5-7-13(11)14(16)17)10-20(18,19)9-4-2-3-8-15/h5-7,15H,2-4,8-10H2,1H3. The maximum atomic E-state index is 12.0. The molecule has 6 nitrogen and oxygen atoms in total. The molecule has 0 heterocycles. The van der Waals surface area contributed by atoms with Crippen LogP contribution in [0.2, 0.25) is 0 Å². The number of aliphatic hydroxyl groups excluding tert-OH is 1. The van der Waals surface area contributed by atoms with Gasteiger partial charge in [-0.05, 0) is 25.3 Å². The number of benzene rings is 1. The van der Waals surface area contributed by atoms with E-state index in [2.05, 4.69) is 0 Å². The minimum Gasteiger partial charge on any atom is -0.396 e. The molecule has 20 heavy (non-hydrogen) atoms. The Bertz CT molecular complexity index is 568. The van der Waals surface area contributed by atoms with Crippen molar-refractivity contribution in [3.63, 3.8) is 0 Å². The molecular formula is C13H19NO5S. The van der Waals surface area contributed by atoms with Gasteiger partial charge >= 0.3 is 0 Å². The summed E-state index contributed by atoms with van der Waals surface area (Å²) in [4.78, 5) is 10.3. The van der Waals surface area contributed by atoms with Crippen LogP contribution >= 0.6 is 0 Å². The number of rotatable bonds is 8. The molecule has 1 rings (SSSR count). The molecule has 7 heteroatoms. The first-order valence-corrected chi connectivity index (χ1v) is 8.23. The third-order valence-corrected chi connectivity index (χ3v) is 4.76. The molecule has 0 aliphatic carbocycles. The molecule has 0 saturated carbocycles. The second-order valence-corrected chi connectivity index (χ2v) is 6.88. The fraction of sp³-hybridized carbons (Fsp3) is 0.538. The fourth-order valence-corrected chi connectivity index (χ4v) is 3.52. The molecule has 0 amide bonds. The van der Waals surface area contributed by atoms with Crippen molar-refractivity contribution in [1.82, 2.24) is 0 Å². The van der Waals surface area contributed by atoms with Gasteiger partial charge in [0, 0.05) is 18.2 Å². The van der Waals surface area contributed by atoms with Crippen LogP contribution in [0.4, 0.5) is 5.69 Å². The Labute approximate surface area is 118 Å². The molecule has 0 aromatic heterocycles. The maximum absolute atomic E-state index is 12.0. The lowest BCUT2D eigenvalue weighted by molar-refractivity contribution is -0.385. The van der Waals surface area contributed by atoms with Gasteiger partial charge in [0.15, 0.2) is 9.84 Å².